The summed E-state index contributed by atoms with van der Waals surface area (Å²) in [6, 6.07) is 4.85. The molecule has 6 N–H and O–H groups in total. The number of amidine groups is 1. The Bertz CT molecular complexity index is 1160. The Balaban J connectivity index is 0.00000167. The van der Waals surface area contributed by atoms with Gasteiger partial charge in [-0.2, -0.15) is 5.10 Å². The minimum absolute atomic E-state index is 0.0623. The number of rotatable bonds is 4. The summed E-state index contributed by atoms with van der Waals surface area (Å²) in [5.41, 5.74) is 8.96. The van der Waals surface area contributed by atoms with Crippen LogP contribution in [0.15, 0.2) is 72.0 Å². The second-order valence-electron chi connectivity index (χ2n) is 7.75. The highest BCUT2D eigenvalue weighted by Crippen LogP contribution is 2.26. The van der Waals surface area contributed by atoms with Crippen molar-refractivity contribution in [3.63, 3.8) is 0 Å². The van der Waals surface area contributed by atoms with Crippen molar-refractivity contribution in [1.29, 1.82) is 0 Å². The number of halogens is 1. The van der Waals surface area contributed by atoms with E-state index in [1.807, 2.05) is 26.0 Å². The zero-order valence-electron chi connectivity index (χ0n) is 19.9. The first-order chi connectivity index (χ1) is 17.0. The highest BCUT2D eigenvalue weighted by molar-refractivity contribution is 6.03. The topological polar surface area (TPSA) is 140 Å². The number of nitrogens with two attached hydrogens (primary N) is 3. The summed E-state index contributed by atoms with van der Waals surface area (Å²) >= 11 is 0. The summed E-state index contributed by atoms with van der Waals surface area (Å²) in [5.74, 6) is 11.8. The smallest absolute Gasteiger partial charge is 0.255 e. The number of aromatic nitrogens is 2. The minimum atomic E-state index is -0.457. The largest absolute Gasteiger partial charge is 0.383 e. The molecule has 1 aliphatic carbocycles. The van der Waals surface area contributed by atoms with Gasteiger partial charge in [0.2, 0.25) is 0 Å². The molecule has 0 radical (unpaired) electrons. The lowest BCUT2D eigenvalue weighted by Crippen LogP contribution is -2.46. The third-order valence-electron chi connectivity index (χ3n) is 5.67. The van der Waals surface area contributed by atoms with E-state index in [4.69, 9.17) is 17.4 Å². The van der Waals surface area contributed by atoms with Crippen molar-refractivity contribution < 1.29 is 9.18 Å². The first-order valence-electron chi connectivity index (χ1n) is 11.5. The van der Waals surface area contributed by atoms with Gasteiger partial charge in [0.25, 0.3) is 5.91 Å². The molecule has 0 bridgehead atoms. The standard InChI is InChI=1S/C23H25FN8O.C2H6/c24-18-4-1-5-19(12-18)32(27)22(30-26)20-11-17(14-29-21(20)25)15-6-9-31(10-7-15)23(33)16-3-2-8-28-13-16;1-2/h1-4,6,8,11-14,19H,5,7,9-10,26-27H2,(H2,25,29);1-2H3/b30-22-;. The van der Waals surface area contributed by atoms with Crippen molar-refractivity contribution in [3.8, 4) is 0 Å². The monoisotopic (exact) mass is 478 g/mol. The number of nitrogen functional groups attached to an aromatic ring is 1. The number of carbonyl (C=O) groups is 1. The SMILES string of the molecule is CC.N/N=C(/c1cc(C2=CCN(C(=O)c3cccnc3)CC2)cnc1N)N(N)C1C=C(F)C=CC1. The Morgan fingerprint density at radius 3 is 2.74 bits per heavy atom. The Morgan fingerprint density at radius 1 is 1.31 bits per heavy atom. The van der Waals surface area contributed by atoms with Crippen molar-refractivity contribution in [3.05, 3.63) is 83.6 Å². The molecule has 1 amide bonds. The number of anilines is 1. The fraction of sp³-hybridized carbons (Fsp3) is 0.280. The lowest BCUT2D eigenvalue weighted by molar-refractivity contribution is 0.0772. The van der Waals surface area contributed by atoms with Gasteiger partial charge in [0.1, 0.15) is 11.6 Å². The molecule has 2 aliphatic rings. The predicted octanol–water partition coefficient (Wildman–Crippen LogP) is 2.99. The van der Waals surface area contributed by atoms with Crippen LogP contribution in [0.4, 0.5) is 10.2 Å². The summed E-state index contributed by atoms with van der Waals surface area (Å²) in [7, 11) is 0. The summed E-state index contributed by atoms with van der Waals surface area (Å²) in [6.07, 6.45) is 12.5. The average Bonchev–Trinajstić information content (AvgIpc) is 2.91. The van der Waals surface area contributed by atoms with Gasteiger partial charge in [0.05, 0.1) is 17.2 Å². The number of hydrogen-bond acceptors (Lipinski definition) is 7. The molecule has 0 saturated carbocycles. The minimum Gasteiger partial charge on any atom is -0.383 e. The van der Waals surface area contributed by atoms with Crippen LogP contribution < -0.4 is 17.4 Å². The molecule has 2 aromatic heterocycles. The lowest BCUT2D eigenvalue weighted by atomic mass is 9.98. The van der Waals surface area contributed by atoms with E-state index in [-0.39, 0.29) is 23.4 Å². The van der Waals surface area contributed by atoms with E-state index >= 15 is 0 Å². The Morgan fingerprint density at radius 2 is 2.11 bits per heavy atom. The molecule has 35 heavy (non-hydrogen) atoms. The molecule has 0 saturated heterocycles. The van der Waals surface area contributed by atoms with Crippen LogP contribution in [-0.4, -0.2) is 50.8 Å². The van der Waals surface area contributed by atoms with Gasteiger partial charge in [-0.1, -0.05) is 26.0 Å². The maximum absolute atomic E-state index is 13.7. The maximum atomic E-state index is 13.7. The van der Waals surface area contributed by atoms with E-state index in [0.717, 1.165) is 11.1 Å². The lowest BCUT2D eigenvalue weighted by Gasteiger charge is -2.29. The van der Waals surface area contributed by atoms with Gasteiger partial charge >= 0.3 is 0 Å². The van der Waals surface area contributed by atoms with Crippen LogP contribution >= 0.6 is 0 Å². The van der Waals surface area contributed by atoms with Crippen molar-refractivity contribution in [1.82, 2.24) is 19.9 Å². The van der Waals surface area contributed by atoms with Crippen molar-refractivity contribution in [2.75, 3.05) is 18.8 Å². The molecule has 1 aliphatic heterocycles. The van der Waals surface area contributed by atoms with E-state index < -0.39 is 6.04 Å². The van der Waals surface area contributed by atoms with Crippen molar-refractivity contribution in [2.45, 2.75) is 32.7 Å². The normalized spacial score (nSPS) is 17.7. The van der Waals surface area contributed by atoms with E-state index in [0.29, 0.717) is 37.1 Å². The fourth-order valence-corrected chi connectivity index (χ4v) is 3.87. The number of pyridine rings is 2. The highest BCUT2D eigenvalue weighted by Gasteiger charge is 2.24. The van der Waals surface area contributed by atoms with Crippen LogP contribution in [0, 0.1) is 0 Å². The van der Waals surface area contributed by atoms with Gasteiger partial charge in [0.15, 0.2) is 5.84 Å². The molecule has 1 atom stereocenters. The Hall–Kier alpha value is -4.05. The van der Waals surface area contributed by atoms with Crippen LogP contribution in [-0.2, 0) is 0 Å². The zero-order valence-corrected chi connectivity index (χ0v) is 19.9. The van der Waals surface area contributed by atoms with Gasteiger partial charge in [-0.3, -0.25) is 14.8 Å². The fourth-order valence-electron chi connectivity index (χ4n) is 3.87. The molecule has 184 valence electrons. The van der Waals surface area contributed by atoms with Crippen LogP contribution in [0.1, 0.15) is 48.2 Å². The van der Waals surface area contributed by atoms with Crippen LogP contribution in [0.3, 0.4) is 0 Å². The van der Waals surface area contributed by atoms with Crippen LogP contribution in [0.25, 0.3) is 5.57 Å². The van der Waals surface area contributed by atoms with Gasteiger partial charge in [-0.15, -0.1) is 0 Å². The summed E-state index contributed by atoms with van der Waals surface area (Å²) < 4.78 is 13.7. The second-order valence-corrected chi connectivity index (χ2v) is 7.75. The van der Waals surface area contributed by atoms with Crippen LogP contribution in [0.5, 0.6) is 0 Å². The second kappa shape index (κ2) is 11.9. The molecule has 0 spiro atoms. The molecule has 10 heteroatoms. The molecule has 9 nitrogen and oxygen atoms in total. The van der Waals surface area contributed by atoms with Gasteiger partial charge < -0.3 is 16.5 Å². The number of hydrogen-bond donors (Lipinski definition) is 3. The first-order valence-corrected chi connectivity index (χ1v) is 11.5. The Kier molecular flexibility index (Phi) is 8.69. The number of hydrazine groups is 1. The molecular formula is C25H31FN8O. The predicted molar refractivity (Wildman–Crippen MR) is 136 cm³/mol. The zero-order chi connectivity index (χ0) is 25.4. The summed E-state index contributed by atoms with van der Waals surface area (Å²) in [6.45, 7) is 5.01. The number of nitrogens with zero attached hydrogens (tertiary/aromatic N) is 5. The number of amides is 1. The molecular weight excluding hydrogens is 447 g/mol. The van der Waals surface area contributed by atoms with Crippen molar-refractivity contribution in [2.24, 2.45) is 16.8 Å². The average molecular weight is 479 g/mol. The number of hydrazone groups is 1. The number of allylic oxidation sites excluding steroid dienone is 2. The van der Waals surface area contributed by atoms with Crippen molar-refractivity contribution >= 4 is 23.1 Å². The molecule has 3 heterocycles. The van der Waals surface area contributed by atoms with E-state index in [9.17, 15) is 9.18 Å². The molecule has 1 unspecified atom stereocenters. The highest BCUT2D eigenvalue weighted by atomic mass is 19.1. The maximum Gasteiger partial charge on any atom is 0.255 e. The van der Waals surface area contributed by atoms with Gasteiger partial charge in [-0.05, 0) is 54.3 Å². The van der Waals surface area contributed by atoms with E-state index in [2.05, 4.69) is 15.1 Å². The number of carbonyl (C=O) groups excluding carboxylic acids is 1. The molecule has 2 aromatic rings. The summed E-state index contributed by atoms with van der Waals surface area (Å²) in [5, 5.41) is 5.11. The molecule has 0 aromatic carbocycles. The third-order valence-corrected chi connectivity index (χ3v) is 5.67. The summed E-state index contributed by atoms with van der Waals surface area (Å²) in [4.78, 5) is 22.7. The van der Waals surface area contributed by atoms with Gasteiger partial charge in [0, 0.05) is 31.7 Å². The molecule has 4 rings (SSSR count). The quantitative estimate of drug-likeness (QED) is 0.266. The Labute approximate surface area is 204 Å². The van der Waals surface area contributed by atoms with Gasteiger partial charge in [-0.25, -0.2) is 15.2 Å². The first kappa shape index (κ1) is 25.6. The van der Waals surface area contributed by atoms with Crippen LogP contribution in [0.2, 0.25) is 0 Å². The van der Waals surface area contributed by atoms with E-state index in [1.165, 1.54) is 17.2 Å². The molecule has 0 fully saturated rings. The van der Waals surface area contributed by atoms with E-state index in [1.54, 1.807) is 41.7 Å². The third kappa shape index (κ3) is 5.90.